The summed E-state index contributed by atoms with van der Waals surface area (Å²) in [6, 6.07) is 18.1. The largest absolute Gasteiger partial charge is 0.457 e. The number of aromatic nitrogens is 3. The molecule has 0 saturated carbocycles. The van der Waals surface area contributed by atoms with E-state index in [4.69, 9.17) is 10.5 Å². The van der Waals surface area contributed by atoms with Crippen molar-refractivity contribution in [2.24, 2.45) is 0 Å². The summed E-state index contributed by atoms with van der Waals surface area (Å²) in [5.41, 5.74) is 9.29. The zero-order valence-electron chi connectivity index (χ0n) is 19.6. The van der Waals surface area contributed by atoms with Crippen molar-refractivity contribution < 1.29 is 9.53 Å². The lowest BCUT2D eigenvalue weighted by Crippen LogP contribution is -2.18. The lowest BCUT2D eigenvalue weighted by molar-refractivity contribution is 0.0958. The van der Waals surface area contributed by atoms with Gasteiger partial charge in [0, 0.05) is 50.5 Å². The predicted octanol–water partition coefficient (Wildman–Crippen LogP) is 4.16. The van der Waals surface area contributed by atoms with Crippen LogP contribution in [-0.2, 0) is 0 Å². The molecule has 10 nitrogen and oxygen atoms in total. The highest BCUT2D eigenvalue weighted by Gasteiger charge is 2.11. The minimum absolute atomic E-state index is 0.278. The molecular weight excluding hydrogens is 444 g/mol. The molecule has 0 aliphatic rings. The fourth-order valence-corrected chi connectivity index (χ4v) is 3.21. The van der Waals surface area contributed by atoms with Crippen LogP contribution in [0, 0.1) is 0 Å². The van der Waals surface area contributed by atoms with Crippen molar-refractivity contribution in [3.05, 3.63) is 78.8 Å². The zero-order chi connectivity index (χ0) is 24.8. The Bertz CT molecular complexity index is 1330. The van der Waals surface area contributed by atoms with Gasteiger partial charge in [0.1, 0.15) is 17.2 Å². The van der Waals surface area contributed by atoms with Crippen molar-refractivity contribution >= 4 is 40.4 Å². The normalized spacial score (nSPS) is 10.4. The number of nitrogens with one attached hydrogen (secondary N) is 3. The summed E-state index contributed by atoms with van der Waals surface area (Å²) >= 11 is 0. The monoisotopic (exact) mass is 470 g/mol. The van der Waals surface area contributed by atoms with E-state index in [2.05, 4.69) is 30.9 Å². The van der Waals surface area contributed by atoms with Crippen LogP contribution in [0.25, 0.3) is 0 Å². The highest BCUT2D eigenvalue weighted by atomic mass is 16.5. The Kier molecular flexibility index (Phi) is 6.91. The van der Waals surface area contributed by atoms with Crippen LogP contribution in [0.15, 0.2) is 73.1 Å². The molecule has 1 amide bonds. The Labute approximate surface area is 203 Å². The Morgan fingerprint density at radius 1 is 0.943 bits per heavy atom. The average Bonchev–Trinajstić information content (AvgIpc) is 2.85. The molecule has 4 rings (SSSR count). The van der Waals surface area contributed by atoms with Gasteiger partial charge in [0.25, 0.3) is 5.91 Å². The number of pyridine rings is 1. The molecule has 10 heteroatoms. The van der Waals surface area contributed by atoms with Crippen LogP contribution in [0.5, 0.6) is 11.5 Å². The number of ether oxygens (including phenoxy) is 1. The van der Waals surface area contributed by atoms with Crippen molar-refractivity contribution in [1.29, 1.82) is 0 Å². The maximum absolute atomic E-state index is 11.8. The number of amides is 1. The summed E-state index contributed by atoms with van der Waals surface area (Å²) in [6.45, 7) is 0. The Morgan fingerprint density at radius 2 is 1.74 bits per heavy atom. The number of carbonyl (C=O) groups excluding carboxylic acids is 1. The van der Waals surface area contributed by atoms with Crippen molar-refractivity contribution in [3.8, 4) is 11.5 Å². The SMILES string of the molecule is CNC(=O)c1cc(Oc2ccc(Nc3ncc(N(C)C)c(Nc4cccc(N)c4)n3)cc2)ccn1. The van der Waals surface area contributed by atoms with Crippen LogP contribution in [-0.4, -0.2) is 42.0 Å². The molecule has 0 bridgehead atoms. The number of benzene rings is 2. The topological polar surface area (TPSA) is 130 Å². The lowest BCUT2D eigenvalue weighted by atomic mass is 10.3. The van der Waals surface area contributed by atoms with Gasteiger partial charge >= 0.3 is 0 Å². The first kappa shape index (κ1) is 23.3. The molecule has 0 fully saturated rings. The van der Waals surface area contributed by atoms with E-state index in [0.717, 1.165) is 17.1 Å². The standard InChI is InChI=1S/C25H26N8O2/c1-27-24(34)21-14-20(11-12-28-21)35-19-9-7-17(8-10-19)31-25-29-15-22(33(2)3)23(32-25)30-18-6-4-5-16(26)13-18/h4-15H,26H2,1-3H3,(H,27,34)(H2,29,30,31,32). The smallest absolute Gasteiger partial charge is 0.269 e. The van der Waals surface area contributed by atoms with E-state index < -0.39 is 0 Å². The van der Waals surface area contributed by atoms with E-state index in [1.54, 1.807) is 25.4 Å². The third-order valence-electron chi connectivity index (χ3n) is 4.94. The molecular formula is C25H26N8O2. The van der Waals surface area contributed by atoms with Gasteiger partial charge in [0.15, 0.2) is 5.82 Å². The number of hydrogen-bond donors (Lipinski definition) is 4. The van der Waals surface area contributed by atoms with Crippen LogP contribution in [0.4, 0.5) is 34.5 Å². The van der Waals surface area contributed by atoms with E-state index >= 15 is 0 Å². The molecule has 2 heterocycles. The number of nitrogens with zero attached hydrogens (tertiary/aromatic N) is 4. The van der Waals surface area contributed by atoms with E-state index in [0.29, 0.717) is 29.0 Å². The minimum Gasteiger partial charge on any atom is -0.457 e. The first-order valence-electron chi connectivity index (χ1n) is 10.8. The molecule has 0 radical (unpaired) electrons. The minimum atomic E-state index is -0.278. The molecule has 0 aliphatic carbocycles. The summed E-state index contributed by atoms with van der Waals surface area (Å²) in [7, 11) is 5.41. The van der Waals surface area contributed by atoms with Gasteiger partial charge in [-0.1, -0.05) is 6.07 Å². The summed E-state index contributed by atoms with van der Waals surface area (Å²) in [6.07, 6.45) is 3.27. The van der Waals surface area contributed by atoms with Crippen LogP contribution in [0.1, 0.15) is 10.5 Å². The number of anilines is 6. The first-order valence-corrected chi connectivity index (χ1v) is 10.8. The quantitative estimate of drug-likeness (QED) is 0.280. The number of hydrogen-bond acceptors (Lipinski definition) is 9. The molecule has 5 N–H and O–H groups in total. The Hall–Kier alpha value is -4.86. The predicted molar refractivity (Wildman–Crippen MR) is 138 cm³/mol. The third kappa shape index (κ3) is 5.93. The van der Waals surface area contributed by atoms with E-state index in [1.807, 2.05) is 67.5 Å². The molecule has 2 aromatic heterocycles. The second-order valence-electron chi connectivity index (χ2n) is 7.78. The summed E-state index contributed by atoms with van der Waals surface area (Å²) in [4.78, 5) is 26.8. The summed E-state index contributed by atoms with van der Waals surface area (Å²) in [5, 5.41) is 9.06. The van der Waals surface area contributed by atoms with Gasteiger partial charge < -0.3 is 31.3 Å². The van der Waals surface area contributed by atoms with Crippen LogP contribution >= 0.6 is 0 Å². The molecule has 0 aliphatic heterocycles. The zero-order valence-corrected chi connectivity index (χ0v) is 19.6. The number of nitrogen functional groups attached to an aromatic ring is 1. The third-order valence-corrected chi connectivity index (χ3v) is 4.94. The second-order valence-corrected chi connectivity index (χ2v) is 7.78. The molecule has 4 aromatic rings. The molecule has 0 saturated heterocycles. The van der Waals surface area contributed by atoms with Crippen molar-refractivity contribution in [1.82, 2.24) is 20.3 Å². The maximum atomic E-state index is 11.8. The molecule has 35 heavy (non-hydrogen) atoms. The van der Waals surface area contributed by atoms with Gasteiger partial charge in [0.2, 0.25) is 5.95 Å². The van der Waals surface area contributed by atoms with Crippen LogP contribution < -0.4 is 31.3 Å². The molecule has 0 spiro atoms. The highest BCUT2D eigenvalue weighted by Crippen LogP contribution is 2.28. The highest BCUT2D eigenvalue weighted by molar-refractivity contribution is 5.92. The maximum Gasteiger partial charge on any atom is 0.269 e. The van der Waals surface area contributed by atoms with Gasteiger partial charge in [-0.05, 0) is 48.5 Å². The van der Waals surface area contributed by atoms with Crippen molar-refractivity contribution in [2.45, 2.75) is 0 Å². The van der Waals surface area contributed by atoms with E-state index in [1.165, 1.54) is 6.20 Å². The van der Waals surface area contributed by atoms with Crippen LogP contribution in [0.3, 0.4) is 0 Å². The number of rotatable bonds is 8. The summed E-state index contributed by atoms with van der Waals surface area (Å²) in [5.74, 6) is 1.92. The number of carbonyl (C=O) groups is 1. The Balaban J connectivity index is 1.49. The van der Waals surface area contributed by atoms with Gasteiger partial charge in [-0.15, -0.1) is 0 Å². The Morgan fingerprint density at radius 3 is 2.46 bits per heavy atom. The molecule has 0 atom stereocenters. The van der Waals surface area contributed by atoms with Gasteiger partial charge in [0.05, 0.1) is 11.9 Å². The fourth-order valence-electron chi connectivity index (χ4n) is 3.21. The fraction of sp³-hybridized carbons (Fsp3) is 0.120. The van der Waals surface area contributed by atoms with Gasteiger partial charge in [-0.3, -0.25) is 9.78 Å². The van der Waals surface area contributed by atoms with Crippen LogP contribution in [0.2, 0.25) is 0 Å². The van der Waals surface area contributed by atoms with E-state index in [-0.39, 0.29) is 11.6 Å². The average molecular weight is 471 g/mol. The first-order chi connectivity index (χ1) is 16.9. The molecule has 0 unspecified atom stereocenters. The van der Waals surface area contributed by atoms with E-state index in [9.17, 15) is 4.79 Å². The second kappa shape index (κ2) is 10.4. The van der Waals surface area contributed by atoms with Gasteiger partial charge in [-0.25, -0.2) is 4.98 Å². The van der Waals surface area contributed by atoms with Crippen molar-refractivity contribution in [2.75, 3.05) is 42.4 Å². The van der Waals surface area contributed by atoms with Gasteiger partial charge in [-0.2, -0.15) is 4.98 Å². The molecule has 2 aromatic carbocycles. The lowest BCUT2D eigenvalue weighted by Gasteiger charge is -2.18. The van der Waals surface area contributed by atoms with Crippen molar-refractivity contribution in [3.63, 3.8) is 0 Å². The summed E-state index contributed by atoms with van der Waals surface area (Å²) < 4.78 is 5.85. The number of nitrogens with two attached hydrogens (primary N) is 1. The molecule has 178 valence electrons.